The van der Waals surface area contributed by atoms with E-state index in [0.717, 1.165) is 36.6 Å². The first-order valence-corrected chi connectivity index (χ1v) is 7.52. The zero-order valence-electron chi connectivity index (χ0n) is 11.1. The molecule has 1 aliphatic rings. The number of rotatable bonds is 3. The van der Waals surface area contributed by atoms with Gasteiger partial charge in [-0.2, -0.15) is 0 Å². The normalized spacial score (nSPS) is 23.7. The van der Waals surface area contributed by atoms with Crippen molar-refractivity contribution in [2.24, 2.45) is 0 Å². The highest BCUT2D eigenvalue weighted by Gasteiger charge is 2.24. The third kappa shape index (κ3) is 3.80. The van der Waals surface area contributed by atoms with E-state index in [1.807, 2.05) is 6.07 Å². The maximum Gasteiger partial charge on any atom is 0.163 e. The highest BCUT2D eigenvalue weighted by molar-refractivity contribution is 9.10. The number of Topliss-reactive ketones (excluding diaryl/α,β-unsaturated/α-hetero) is 1. The van der Waals surface area contributed by atoms with Crippen LogP contribution >= 0.6 is 15.9 Å². The Morgan fingerprint density at radius 2 is 2.05 bits per heavy atom. The smallest absolute Gasteiger partial charge is 0.163 e. The first-order chi connectivity index (χ1) is 9.08. The lowest BCUT2D eigenvalue weighted by molar-refractivity contribution is 0.0314. The molecule has 0 spiro atoms. The third-order valence-corrected chi connectivity index (χ3v) is 4.01. The minimum atomic E-state index is -0.439. The molecule has 1 N–H and O–H groups in total. The summed E-state index contributed by atoms with van der Waals surface area (Å²) in [4.78, 5) is 11.6. The molecule has 0 aromatic heterocycles. The SMILES string of the molecule is CC(=O)c1cc(Br)ccc1OC1CCCCCC1O. The average molecular weight is 327 g/mol. The first kappa shape index (κ1) is 14.5. The Hall–Kier alpha value is -0.870. The fraction of sp³-hybridized carbons (Fsp3) is 0.533. The Balaban J connectivity index is 2.19. The monoisotopic (exact) mass is 326 g/mol. The number of hydrogen-bond donors (Lipinski definition) is 1. The van der Waals surface area contributed by atoms with Crippen molar-refractivity contribution < 1.29 is 14.6 Å². The second-order valence-electron chi connectivity index (χ2n) is 5.06. The highest BCUT2D eigenvalue weighted by Crippen LogP contribution is 2.28. The van der Waals surface area contributed by atoms with Crippen molar-refractivity contribution in [2.45, 2.75) is 51.2 Å². The Labute approximate surface area is 122 Å². The molecule has 1 aromatic carbocycles. The largest absolute Gasteiger partial charge is 0.487 e. The summed E-state index contributed by atoms with van der Waals surface area (Å²) in [6, 6.07) is 5.41. The van der Waals surface area contributed by atoms with E-state index in [4.69, 9.17) is 4.74 Å². The molecule has 0 heterocycles. The molecule has 4 heteroatoms. The van der Waals surface area contributed by atoms with Crippen LogP contribution in [0.2, 0.25) is 0 Å². The van der Waals surface area contributed by atoms with Gasteiger partial charge in [-0.15, -0.1) is 0 Å². The summed E-state index contributed by atoms with van der Waals surface area (Å²) in [6.45, 7) is 1.53. The summed E-state index contributed by atoms with van der Waals surface area (Å²) in [5.41, 5.74) is 0.561. The molecule has 0 radical (unpaired) electrons. The summed E-state index contributed by atoms with van der Waals surface area (Å²) in [5.74, 6) is 0.543. The van der Waals surface area contributed by atoms with Crippen molar-refractivity contribution in [3.05, 3.63) is 28.2 Å². The Bertz CT molecular complexity index is 459. The summed E-state index contributed by atoms with van der Waals surface area (Å²) >= 11 is 3.36. The minimum absolute atomic E-state index is 0.0283. The van der Waals surface area contributed by atoms with E-state index in [0.29, 0.717) is 11.3 Å². The molecule has 2 unspecified atom stereocenters. The molecule has 1 aromatic rings. The summed E-state index contributed by atoms with van der Waals surface area (Å²) in [6.07, 6.45) is 4.21. The van der Waals surface area contributed by atoms with Crippen molar-refractivity contribution in [2.75, 3.05) is 0 Å². The van der Waals surface area contributed by atoms with E-state index in [1.165, 1.54) is 6.92 Å². The molecule has 0 amide bonds. The number of ketones is 1. The maximum absolute atomic E-state index is 11.6. The summed E-state index contributed by atoms with van der Waals surface area (Å²) < 4.78 is 6.76. The van der Waals surface area contributed by atoms with Gasteiger partial charge in [-0.1, -0.05) is 28.8 Å². The zero-order valence-corrected chi connectivity index (χ0v) is 12.6. The van der Waals surface area contributed by atoms with E-state index >= 15 is 0 Å². The number of benzene rings is 1. The van der Waals surface area contributed by atoms with Crippen LogP contribution in [0.5, 0.6) is 5.75 Å². The number of ether oxygens (including phenoxy) is 1. The molecule has 1 aliphatic carbocycles. The lowest BCUT2D eigenvalue weighted by atomic mass is 10.1. The predicted octanol–water partition coefficient (Wildman–Crippen LogP) is 3.72. The van der Waals surface area contributed by atoms with Gasteiger partial charge in [0.15, 0.2) is 5.78 Å². The highest BCUT2D eigenvalue weighted by atomic mass is 79.9. The van der Waals surface area contributed by atoms with Crippen LogP contribution in [0.3, 0.4) is 0 Å². The molecule has 0 bridgehead atoms. The molecule has 1 fully saturated rings. The van der Waals surface area contributed by atoms with Crippen LogP contribution in [0.15, 0.2) is 22.7 Å². The first-order valence-electron chi connectivity index (χ1n) is 6.73. The van der Waals surface area contributed by atoms with E-state index in [-0.39, 0.29) is 11.9 Å². The van der Waals surface area contributed by atoms with Crippen LogP contribution in [-0.4, -0.2) is 23.1 Å². The van der Waals surface area contributed by atoms with Gasteiger partial charge in [0.05, 0.1) is 11.7 Å². The van der Waals surface area contributed by atoms with E-state index in [9.17, 15) is 9.90 Å². The molecule has 19 heavy (non-hydrogen) atoms. The quantitative estimate of drug-likeness (QED) is 0.680. The second-order valence-corrected chi connectivity index (χ2v) is 5.97. The van der Waals surface area contributed by atoms with Crippen molar-refractivity contribution >= 4 is 21.7 Å². The lowest BCUT2D eigenvalue weighted by Crippen LogP contribution is -2.31. The summed E-state index contributed by atoms with van der Waals surface area (Å²) in [7, 11) is 0. The molecular weight excluding hydrogens is 308 g/mol. The molecular formula is C15H19BrO3. The van der Waals surface area contributed by atoms with E-state index in [2.05, 4.69) is 15.9 Å². The van der Waals surface area contributed by atoms with Gasteiger partial charge in [0.25, 0.3) is 0 Å². The molecule has 3 nitrogen and oxygen atoms in total. The van der Waals surface area contributed by atoms with Gasteiger partial charge in [0.2, 0.25) is 0 Å². The number of carbonyl (C=O) groups excluding carboxylic acids is 1. The molecule has 104 valence electrons. The van der Waals surface area contributed by atoms with Crippen molar-refractivity contribution in [3.8, 4) is 5.75 Å². The van der Waals surface area contributed by atoms with Gasteiger partial charge in [0, 0.05) is 4.47 Å². The number of carbonyl (C=O) groups is 1. The standard InChI is InChI=1S/C15H19BrO3/c1-10(17)12-9-11(16)7-8-14(12)19-15-6-4-2-3-5-13(15)18/h7-9,13,15,18H,2-6H2,1H3. The fourth-order valence-corrected chi connectivity index (χ4v) is 2.80. The van der Waals surface area contributed by atoms with Crippen molar-refractivity contribution in [1.82, 2.24) is 0 Å². The Morgan fingerprint density at radius 3 is 2.79 bits per heavy atom. The Morgan fingerprint density at radius 1 is 1.32 bits per heavy atom. The van der Waals surface area contributed by atoms with Crippen LogP contribution in [0.4, 0.5) is 0 Å². The van der Waals surface area contributed by atoms with E-state index in [1.54, 1.807) is 12.1 Å². The number of halogens is 1. The maximum atomic E-state index is 11.6. The van der Waals surface area contributed by atoms with Gasteiger partial charge < -0.3 is 9.84 Å². The lowest BCUT2D eigenvalue weighted by Gasteiger charge is -2.23. The molecule has 0 saturated heterocycles. The van der Waals surface area contributed by atoms with Gasteiger partial charge in [-0.05, 0) is 44.4 Å². The van der Waals surface area contributed by atoms with Crippen molar-refractivity contribution in [1.29, 1.82) is 0 Å². The van der Waals surface area contributed by atoms with Crippen LogP contribution in [-0.2, 0) is 0 Å². The van der Waals surface area contributed by atoms with Gasteiger partial charge in [-0.25, -0.2) is 0 Å². The van der Waals surface area contributed by atoms with E-state index < -0.39 is 6.10 Å². The molecule has 1 saturated carbocycles. The van der Waals surface area contributed by atoms with Crippen molar-refractivity contribution in [3.63, 3.8) is 0 Å². The van der Waals surface area contributed by atoms with Gasteiger partial charge in [0.1, 0.15) is 11.9 Å². The topological polar surface area (TPSA) is 46.5 Å². The summed E-state index contributed by atoms with van der Waals surface area (Å²) in [5, 5.41) is 10.1. The predicted molar refractivity (Wildman–Crippen MR) is 77.7 cm³/mol. The van der Waals surface area contributed by atoms with Crippen LogP contribution in [0.1, 0.15) is 49.4 Å². The van der Waals surface area contributed by atoms with Crippen LogP contribution in [0, 0.1) is 0 Å². The van der Waals surface area contributed by atoms with Crippen LogP contribution in [0.25, 0.3) is 0 Å². The molecule has 2 rings (SSSR count). The molecule has 2 atom stereocenters. The zero-order chi connectivity index (χ0) is 13.8. The molecule has 0 aliphatic heterocycles. The van der Waals surface area contributed by atoms with Crippen LogP contribution < -0.4 is 4.74 Å². The second kappa shape index (κ2) is 6.53. The number of aliphatic hydroxyl groups excluding tert-OH is 1. The third-order valence-electron chi connectivity index (χ3n) is 3.52. The Kier molecular flexibility index (Phi) is 4.99. The average Bonchev–Trinajstić information content (AvgIpc) is 2.57. The van der Waals surface area contributed by atoms with Gasteiger partial charge in [-0.3, -0.25) is 4.79 Å². The number of aliphatic hydroxyl groups is 1. The minimum Gasteiger partial charge on any atom is -0.487 e. The fourth-order valence-electron chi connectivity index (χ4n) is 2.43. The number of hydrogen-bond acceptors (Lipinski definition) is 3. The van der Waals surface area contributed by atoms with Gasteiger partial charge >= 0.3 is 0 Å².